The lowest BCUT2D eigenvalue weighted by molar-refractivity contribution is 0.373. The predicted molar refractivity (Wildman–Crippen MR) is 102 cm³/mol. The van der Waals surface area contributed by atoms with Crippen LogP contribution in [-0.4, -0.2) is 23.5 Å². The normalized spacial score (nSPS) is 10.8. The number of anilines is 1. The molecule has 0 bridgehead atoms. The molecule has 0 radical (unpaired) electrons. The first kappa shape index (κ1) is 17.7. The van der Waals surface area contributed by atoms with Crippen molar-refractivity contribution in [2.75, 3.05) is 12.4 Å². The highest BCUT2D eigenvalue weighted by Crippen LogP contribution is 2.27. The Hall–Kier alpha value is -2.60. The summed E-state index contributed by atoms with van der Waals surface area (Å²) in [6, 6.07) is 13.2. The molecule has 2 rings (SSSR count). The van der Waals surface area contributed by atoms with E-state index in [1.54, 1.807) is 18.2 Å². The first-order valence-electron chi connectivity index (χ1n) is 7.57. The Balaban J connectivity index is 1.93. The molecule has 5 nitrogen and oxygen atoms in total. The van der Waals surface area contributed by atoms with Crippen molar-refractivity contribution >= 4 is 29.2 Å². The van der Waals surface area contributed by atoms with Gasteiger partial charge in [0.15, 0.2) is 16.6 Å². The minimum absolute atomic E-state index is 0.0358. The Bertz CT molecular complexity index is 728. The Morgan fingerprint density at radius 2 is 1.92 bits per heavy atom. The second-order valence-corrected chi connectivity index (χ2v) is 5.91. The van der Waals surface area contributed by atoms with E-state index in [0.29, 0.717) is 22.3 Å². The van der Waals surface area contributed by atoms with Crippen LogP contribution in [0.2, 0.25) is 0 Å². The highest BCUT2D eigenvalue weighted by atomic mass is 32.1. The predicted octanol–water partition coefficient (Wildman–Crippen LogP) is 3.84. The molecule has 0 saturated heterocycles. The third-order valence-corrected chi connectivity index (χ3v) is 3.65. The largest absolute Gasteiger partial charge is 0.504 e. The number of para-hydroxylation sites is 1. The van der Waals surface area contributed by atoms with E-state index in [9.17, 15) is 5.11 Å². The number of hydrogen-bond acceptors (Lipinski definition) is 4. The van der Waals surface area contributed by atoms with E-state index in [-0.39, 0.29) is 5.75 Å². The van der Waals surface area contributed by atoms with Crippen LogP contribution in [0.1, 0.15) is 30.9 Å². The smallest absolute Gasteiger partial charge is 0.191 e. The second-order valence-electron chi connectivity index (χ2n) is 5.50. The molecule has 0 amide bonds. The Kier molecular flexibility index (Phi) is 6.14. The van der Waals surface area contributed by atoms with E-state index in [1.165, 1.54) is 18.9 Å². The lowest BCUT2D eigenvalue weighted by Crippen LogP contribution is -2.23. The number of benzene rings is 2. The Morgan fingerprint density at radius 1 is 1.21 bits per heavy atom. The number of phenols is 1. The standard InChI is InChI=1S/C18H21N3O2S/c1-12(2)13-7-9-15(10-8-13)20-18(24)21-19-11-14-5-4-6-16(23-3)17(14)22/h4-12,22H,1-3H3,(H2,20,21,24)/b19-11+. The van der Waals surface area contributed by atoms with Gasteiger partial charge >= 0.3 is 0 Å². The summed E-state index contributed by atoms with van der Waals surface area (Å²) >= 11 is 5.19. The van der Waals surface area contributed by atoms with Gasteiger partial charge in [-0.05, 0) is 48.0 Å². The van der Waals surface area contributed by atoms with Crippen molar-refractivity contribution in [1.29, 1.82) is 0 Å². The quantitative estimate of drug-likeness (QED) is 0.437. The van der Waals surface area contributed by atoms with Gasteiger partial charge in [0.25, 0.3) is 0 Å². The number of rotatable bonds is 5. The lowest BCUT2D eigenvalue weighted by atomic mass is 10.0. The van der Waals surface area contributed by atoms with Gasteiger partial charge in [-0.2, -0.15) is 5.10 Å². The number of methoxy groups -OCH3 is 1. The SMILES string of the molecule is COc1cccc(/C=N/NC(=S)Nc2ccc(C(C)C)cc2)c1O. The van der Waals surface area contributed by atoms with E-state index < -0.39 is 0 Å². The molecule has 2 aromatic rings. The van der Waals surface area contributed by atoms with Gasteiger partial charge in [-0.25, -0.2) is 0 Å². The fourth-order valence-corrected chi connectivity index (χ4v) is 2.25. The van der Waals surface area contributed by atoms with Crippen LogP contribution in [0.3, 0.4) is 0 Å². The zero-order valence-electron chi connectivity index (χ0n) is 13.9. The summed E-state index contributed by atoms with van der Waals surface area (Å²) in [5, 5.41) is 17.4. The second kappa shape index (κ2) is 8.31. The molecule has 0 heterocycles. The van der Waals surface area contributed by atoms with Gasteiger partial charge in [0, 0.05) is 11.3 Å². The fourth-order valence-electron chi connectivity index (χ4n) is 2.08. The molecule has 0 unspecified atom stereocenters. The summed E-state index contributed by atoms with van der Waals surface area (Å²) in [5.74, 6) is 0.919. The van der Waals surface area contributed by atoms with Crippen molar-refractivity contribution < 1.29 is 9.84 Å². The lowest BCUT2D eigenvalue weighted by Gasteiger charge is -2.09. The average Bonchev–Trinajstić information content (AvgIpc) is 2.57. The van der Waals surface area contributed by atoms with E-state index in [0.717, 1.165) is 5.69 Å². The van der Waals surface area contributed by atoms with Crippen LogP contribution >= 0.6 is 12.2 Å². The zero-order chi connectivity index (χ0) is 17.5. The van der Waals surface area contributed by atoms with Crippen LogP contribution in [-0.2, 0) is 0 Å². The highest BCUT2D eigenvalue weighted by Gasteiger charge is 2.05. The molecule has 0 aromatic heterocycles. The van der Waals surface area contributed by atoms with Crippen molar-refractivity contribution in [3.63, 3.8) is 0 Å². The van der Waals surface area contributed by atoms with Gasteiger partial charge in [0.1, 0.15) is 0 Å². The third kappa shape index (κ3) is 4.70. The fraction of sp³-hybridized carbons (Fsp3) is 0.222. The topological polar surface area (TPSA) is 65.9 Å². The van der Waals surface area contributed by atoms with Gasteiger partial charge in [-0.3, -0.25) is 5.43 Å². The molecule has 2 aromatic carbocycles. The summed E-state index contributed by atoms with van der Waals surface area (Å²) in [4.78, 5) is 0. The van der Waals surface area contributed by atoms with Gasteiger partial charge in [-0.15, -0.1) is 0 Å². The van der Waals surface area contributed by atoms with E-state index in [4.69, 9.17) is 17.0 Å². The maximum atomic E-state index is 9.97. The molecule has 3 N–H and O–H groups in total. The molecule has 126 valence electrons. The molecule has 6 heteroatoms. The number of thiocarbonyl (C=S) groups is 1. The van der Waals surface area contributed by atoms with Crippen LogP contribution in [0.25, 0.3) is 0 Å². The molecule has 0 atom stereocenters. The maximum absolute atomic E-state index is 9.97. The Labute approximate surface area is 147 Å². The number of phenolic OH excluding ortho intramolecular Hbond substituents is 1. The summed E-state index contributed by atoms with van der Waals surface area (Å²) < 4.78 is 5.05. The van der Waals surface area contributed by atoms with Gasteiger partial charge in [-0.1, -0.05) is 32.0 Å². The van der Waals surface area contributed by atoms with Crippen LogP contribution in [0, 0.1) is 0 Å². The minimum atomic E-state index is 0.0358. The molecular weight excluding hydrogens is 322 g/mol. The number of nitrogens with zero attached hydrogens (tertiary/aromatic N) is 1. The summed E-state index contributed by atoms with van der Waals surface area (Å²) in [6.07, 6.45) is 1.48. The number of hydrogen-bond donors (Lipinski definition) is 3. The third-order valence-electron chi connectivity index (χ3n) is 3.46. The Morgan fingerprint density at radius 3 is 2.54 bits per heavy atom. The van der Waals surface area contributed by atoms with Crippen molar-refractivity contribution in [2.45, 2.75) is 19.8 Å². The van der Waals surface area contributed by atoms with E-state index >= 15 is 0 Å². The molecular formula is C18H21N3O2S. The average molecular weight is 343 g/mol. The van der Waals surface area contributed by atoms with Gasteiger partial charge in [0.05, 0.1) is 13.3 Å². The summed E-state index contributed by atoms with van der Waals surface area (Å²) in [7, 11) is 1.50. The molecule has 0 aliphatic heterocycles. The molecule has 0 aliphatic rings. The maximum Gasteiger partial charge on any atom is 0.191 e. The van der Waals surface area contributed by atoms with Crippen LogP contribution < -0.4 is 15.5 Å². The van der Waals surface area contributed by atoms with Crippen LogP contribution in [0.5, 0.6) is 11.5 Å². The van der Waals surface area contributed by atoms with Crippen molar-refractivity contribution in [2.24, 2.45) is 5.10 Å². The molecule has 24 heavy (non-hydrogen) atoms. The van der Waals surface area contributed by atoms with Crippen molar-refractivity contribution in [1.82, 2.24) is 5.43 Å². The molecule has 0 spiro atoms. The number of hydrazone groups is 1. The zero-order valence-corrected chi connectivity index (χ0v) is 14.7. The molecule has 0 aliphatic carbocycles. The van der Waals surface area contributed by atoms with Gasteiger partial charge in [0.2, 0.25) is 0 Å². The number of aromatic hydroxyl groups is 1. The van der Waals surface area contributed by atoms with Gasteiger partial charge < -0.3 is 15.2 Å². The molecule has 0 saturated carbocycles. The molecule has 0 fully saturated rings. The van der Waals surface area contributed by atoms with E-state index in [2.05, 4.69) is 41.8 Å². The summed E-state index contributed by atoms with van der Waals surface area (Å²) in [5.41, 5.74) is 5.41. The number of ether oxygens (including phenoxy) is 1. The minimum Gasteiger partial charge on any atom is -0.504 e. The summed E-state index contributed by atoms with van der Waals surface area (Å²) in [6.45, 7) is 4.30. The first-order valence-corrected chi connectivity index (χ1v) is 7.98. The van der Waals surface area contributed by atoms with Crippen molar-refractivity contribution in [3.8, 4) is 11.5 Å². The monoisotopic (exact) mass is 343 g/mol. The first-order chi connectivity index (χ1) is 11.5. The number of nitrogens with one attached hydrogen (secondary N) is 2. The van der Waals surface area contributed by atoms with Crippen LogP contribution in [0.15, 0.2) is 47.6 Å². The highest BCUT2D eigenvalue weighted by molar-refractivity contribution is 7.80. The van der Waals surface area contributed by atoms with E-state index in [1.807, 2.05) is 12.1 Å². The van der Waals surface area contributed by atoms with Crippen LogP contribution in [0.4, 0.5) is 5.69 Å². The van der Waals surface area contributed by atoms with Crippen molar-refractivity contribution in [3.05, 3.63) is 53.6 Å².